The van der Waals surface area contributed by atoms with Crippen molar-refractivity contribution in [1.29, 1.82) is 0 Å². The summed E-state index contributed by atoms with van der Waals surface area (Å²) >= 11 is 0. The van der Waals surface area contributed by atoms with E-state index in [0.717, 1.165) is 13.1 Å². The molecule has 108 valence electrons. The maximum atomic E-state index is 12.3. The van der Waals surface area contributed by atoms with Crippen LogP contribution in [-0.2, 0) is 14.1 Å². The predicted molar refractivity (Wildman–Crippen MR) is 77.2 cm³/mol. The summed E-state index contributed by atoms with van der Waals surface area (Å²) in [6.45, 7) is 1.59. The van der Waals surface area contributed by atoms with Crippen LogP contribution in [0, 0.1) is 0 Å². The van der Waals surface area contributed by atoms with Crippen LogP contribution in [-0.4, -0.2) is 42.2 Å². The van der Waals surface area contributed by atoms with Crippen molar-refractivity contribution in [2.24, 2.45) is 14.1 Å². The molecular weight excluding hydrogens is 270 g/mol. The third-order valence-corrected chi connectivity index (χ3v) is 3.99. The smallest absolute Gasteiger partial charge is 0.265 e. The molecule has 0 unspecified atom stereocenters. The van der Waals surface area contributed by atoms with Crippen molar-refractivity contribution in [2.45, 2.75) is 6.04 Å². The average Bonchev–Trinajstić information content (AvgIpc) is 3.05. The van der Waals surface area contributed by atoms with Crippen LogP contribution in [0.15, 0.2) is 29.5 Å². The van der Waals surface area contributed by atoms with Crippen molar-refractivity contribution in [3.05, 3.63) is 35.0 Å². The lowest BCUT2D eigenvalue weighted by atomic mass is 10.1. The molecule has 4 rings (SSSR count). The summed E-state index contributed by atoms with van der Waals surface area (Å²) in [4.78, 5) is 19.0. The van der Waals surface area contributed by atoms with Crippen LogP contribution < -0.4 is 10.5 Å². The fourth-order valence-electron chi connectivity index (χ4n) is 2.72. The molecule has 8 nitrogen and oxygen atoms in total. The summed E-state index contributed by atoms with van der Waals surface area (Å²) in [6.07, 6.45) is 5.30. The molecule has 0 N–H and O–H groups in total. The molecule has 4 heterocycles. The van der Waals surface area contributed by atoms with E-state index in [9.17, 15) is 4.79 Å². The Balaban J connectivity index is 1.70. The lowest BCUT2D eigenvalue weighted by molar-refractivity contribution is 0.360. The standard InChI is InChI=1S/C13H15N7O/c1-17-12(21)10-6-15-18(2)11(10)16-13(17)19-7-9(8-19)20-5-3-4-14-20/h3-6,9H,7-8H2,1-2H3. The first kappa shape index (κ1) is 12.1. The van der Waals surface area contributed by atoms with Gasteiger partial charge in [-0.15, -0.1) is 0 Å². The summed E-state index contributed by atoms with van der Waals surface area (Å²) in [5.74, 6) is 0.680. The van der Waals surface area contributed by atoms with Crippen LogP contribution >= 0.6 is 0 Å². The predicted octanol–water partition coefficient (Wildman–Crippen LogP) is -0.0752. The van der Waals surface area contributed by atoms with Crippen molar-refractivity contribution in [2.75, 3.05) is 18.0 Å². The van der Waals surface area contributed by atoms with Crippen LogP contribution in [0.1, 0.15) is 6.04 Å². The number of nitrogens with zero attached hydrogens (tertiary/aromatic N) is 7. The second-order valence-corrected chi connectivity index (χ2v) is 5.33. The molecule has 0 bridgehead atoms. The quantitative estimate of drug-likeness (QED) is 0.658. The summed E-state index contributed by atoms with van der Waals surface area (Å²) in [6, 6.07) is 2.25. The van der Waals surface area contributed by atoms with E-state index in [1.54, 1.807) is 35.7 Å². The highest BCUT2D eigenvalue weighted by Gasteiger charge is 2.31. The Bertz CT molecular complexity index is 855. The molecule has 3 aromatic heterocycles. The largest absolute Gasteiger partial charge is 0.338 e. The monoisotopic (exact) mass is 285 g/mol. The topological polar surface area (TPSA) is 73.8 Å². The van der Waals surface area contributed by atoms with Gasteiger partial charge in [0.2, 0.25) is 5.95 Å². The van der Waals surface area contributed by atoms with Gasteiger partial charge in [-0.3, -0.25) is 18.7 Å². The third-order valence-electron chi connectivity index (χ3n) is 3.99. The SMILES string of the molecule is Cn1c(N2CC(n3cccn3)C2)nc2c(cnn2C)c1=O. The molecule has 0 radical (unpaired) electrons. The molecular formula is C13H15N7O. The molecule has 1 fully saturated rings. The summed E-state index contributed by atoms with van der Waals surface area (Å²) in [5, 5.41) is 8.90. The van der Waals surface area contributed by atoms with Gasteiger partial charge in [0, 0.05) is 39.6 Å². The van der Waals surface area contributed by atoms with Crippen molar-refractivity contribution >= 4 is 17.0 Å². The maximum absolute atomic E-state index is 12.3. The van der Waals surface area contributed by atoms with Gasteiger partial charge in [-0.05, 0) is 6.07 Å². The van der Waals surface area contributed by atoms with Gasteiger partial charge in [-0.2, -0.15) is 15.2 Å². The van der Waals surface area contributed by atoms with Gasteiger partial charge in [0.1, 0.15) is 5.39 Å². The molecule has 1 aliphatic heterocycles. The molecule has 0 aromatic carbocycles. The highest BCUT2D eigenvalue weighted by atomic mass is 16.1. The molecule has 0 amide bonds. The molecule has 21 heavy (non-hydrogen) atoms. The first-order chi connectivity index (χ1) is 10.1. The average molecular weight is 285 g/mol. The Morgan fingerprint density at radius 2 is 2.05 bits per heavy atom. The van der Waals surface area contributed by atoms with E-state index in [1.807, 2.05) is 16.9 Å². The number of fused-ring (bicyclic) bond motifs is 1. The Hall–Kier alpha value is -2.64. The Labute approximate surface area is 120 Å². The molecule has 0 aliphatic carbocycles. The number of anilines is 1. The Morgan fingerprint density at radius 1 is 1.24 bits per heavy atom. The van der Waals surface area contributed by atoms with Crippen molar-refractivity contribution in [3.8, 4) is 0 Å². The molecule has 1 saturated heterocycles. The maximum Gasteiger partial charge on any atom is 0.265 e. The van der Waals surface area contributed by atoms with Crippen LogP contribution in [0.3, 0.4) is 0 Å². The molecule has 8 heteroatoms. The van der Waals surface area contributed by atoms with E-state index in [1.165, 1.54) is 0 Å². The van der Waals surface area contributed by atoms with Gasteiger partial charge >= 0.3 is 0 Å². The highest BCUT2D eigenvalue weighted by molar-refractivity contribution is 5.74. The normalized spacial score (nSPS) is 15.6. The van der Waals surface area contributed by atoms with Crippen molar-refractivity contribution in [1.82, 2.24) is 29.1 Å². The van der Waals surface area contributed by atoms with Gasteiger partial charge in [-0.25, -0.2) is 0 Å². The van der Waals surface area contributed by atoms with Crippen molar-refractivity contribution < 1.29 is 0 Å². The zero-order chi connectivity index (χ0) is 14.6. The summed E-state index contributed by atoms with van der Waals surface area (Å²) < 4.78 is 5.16. The second kappa shape index (κ2) is 4.18. The fourth-order valence-corrected chi connectivity index (χ4v) is 2.72. The molecule has 3 aromatic rings. The van der Waals surface area contributed by atoms with E-state index in [4.69, 9.17) is 0 Å². The summed E-state index contributed by atoms with van der Waals surface area (Å²) in [7, 11) is 3.54. The number of hydrogen-bond acceptors (Lipinski definition) is 5. The second-order valence-electron chi connectivity index (χ2n) is 5.33. The van der Waals surface area contributed by atoms with Crippen molar-refractivity contribution in [3.63, 3.8) is 0 Å². The van der Waals surface area contributed by atoms with E-state index >= 15 is 0 Å². The van der Waals surface area contributed by atoms with Crippen LogP contribution in [0.4, 0.5) is 5.95 Å². The zero-order valence-electron chi connectivity index (χ0n) is 11.8. The minimum atomic E-state index is -0.0642. The first-order valence-corrected chi connectivity index (χ1v) is 6.78. The Kier molecular flexibility index (Phi) is 2.41. The third kappa shape index (κ3) is 1.68. The number of aryl methyl sites for hydroxylation is 1. The van der Waals surface area contributed by atoms with Gasteiger partial charge in [0.15, 0.2) is 5.65 Å². The first-order valence-electron chi connectivity index (χ1n) is 6.78. The lowest BCUT2D eigenvalue weighted by Crippen LogP contribution is -2.50. The number of hydrogen-bond donors (Lipinski definition) is 0. The van der Waals surface area contributed by atoms with E-state index < -0.39 is 0 Å². The molecule has 0 atom stereocenters. The lowest BCUT2D eigenvalue weighted by Gasteiger charge is -2.40. The number of rotatable bonds is 2. The zero-order valence-corrected chi connectivity index (χ0v) is 11.8. The number of aromatic nitrogens is 6. The minimum absolute atomic E-state index is 0.0642. The summed E-state index contributed by atoms with van der Waals surface area (Å²) in [5.41, 5.74) is 0.557. The van der Waals surface area contributed by atoms with Gasteiger partial charge in [0.25, 0.3) is 5.56 Å². The van der Waals surface area contributed by atoms with Crippen LogP contribution in [0.2, 0.25) is 0 Å². The van der Waals surface area contributed by atoms with Gasteiger partial charge in [0.05, 0.1) is 12.2 Å². The van der Waals surface area contributed by atoms with Crippen LogP contribution in [0.5, 0.6) is 0 Å². The van der Waals surface area contributed by atoms with Gasteiger partial charge in [-0.1, -0.05) is 0 Å². The minimum Gasteiger partial charge on any atom is -0.338 e. The fraction of sp³-hybridized carbons (Fsp3) is 0.385. The van der Waals surface area contributed by atoms with Crippen LogP contribution in [0.25, 0.3) is 11.0 Å². The molecule has 0 saturated carbocycles. The van der Waals surface area contributed by atoms with E-state index in [-0.39, 0.29) is 5.56 Å². The molecule has 0 spiro atoms. The van der Waals surface area contributed by atoms with E-state index in [0.29, 0.717) is 23.0 Å². The van der Waals surface area contributed by atoms with E-state index in [2.05, 4.69) is 20.1 Å². The molecule has 1 aliphatic rings. The Morgan fingerprint density at radius 3 is 2.76 bits per heavy atom. The van der Waals surface area contributed by atoms with Gasteiger partial charge < -0.3 is 4.90 Å². The highest BCUT2D eigenvalue weighted by Crippen LogP contribution is 2.25.